The molecule has 0 aromatic carbocycles. The van der Waals surface area contributed by atoms with Gasteiger partial charge in [-0.15, -0.1) is 0 Å². The molecule has 0 aliphatic rings. The second kappa shape index (κ2) is 3.29. The van der Waals surface area contributed by atoms with Gasteiger partial charge in [0.05, 0.1) is 6.20 Å². The third kappa shape index (κ3) is 2.04. The molecule has 0 aliphatic heterocycles. The van der Waals surface area contributed by atoms with Gasteiger partial charge in [0.1, 0.15) is 0 Å². The van der Waals surface area contributed by atoms with E-state index in [2.05, 4.69) is 4.98 Å². The van der Waals surface area contributed by atoms with E-state index in [0.717, 1.165) is 0 Å². The van der Waals surface area contributed by atoms with Crippen LogP contribution in [0.3, 0.4) is 0 Å². The van der Waals surface area contributed by atoms with E-state index in [1.165, 1.54) is 10.8 Å². The number of anilines is 1. The molecule has 9 heavy (non-hydrogen) atoms. The van der Waals surface area contributed by atoms with Crippen molar-refractivity contribution in [3.8, 4) is 5.88 Å². The Morgan fingerprint density at radius 3 is 2.56 bits per heavy atom. The third-order valence-corrected chi connectivity index (χ3v) is 0.900. The van der Waals surface area contributed by atoms with Crippen molar-refractivity contribution in [2.75, 3.05) is 5.73 Å². The fourth-order valence-electron chi connectivity index (χ4n) is 0.464. The Morgan fingerprint density at radius 1 is 1.89 bits per heavy atom. The molecule has 0 aliphatic carbocycles. The maximum absolute atomic E-state index is 8.62. The molecule has 1 aromatic rings. The molecular weight excluding hydrogens is 146 g/mol. The van der Waals surface area contributed by atoms with Crippen LogP contribution in [0.25, 0.3) is 0 Å². The molecule has 0 fully saturated rings. The van der Waals surface area contributed by atoms with Crippen molar-refractivity contribution in [3.63, 3.8) is 0 Å². The van der Waals surface area contributed by atoms with E-state index < -0.39 is 0 Å². The number of aromatic nitrogens is 2. The Balaban J connectivity index is -0.000000213. The predicted octanol–water partition coefficient (Wildman–Crippen LogP) is -0.448. The van der Waals surface area contributed by atoms with E-state index in [4.69, 9.17) is 10.8 Å². The number of hydrogen-bond donors (Lipinski definition) is 2. The topological polar surface area (TPSA) is 64.1 Å². The van der Waals surface area contributed by atoms with E-state index >= 15 is 0 Å². The number of hydrogen-bond acceptors (Lipinski definition) is 3. The monoisotopic (exact) mass is 155 g/mol. The predicted molar refractivity (Wildman–Crippen MR) is 37.3 cm³/mol. The zero-order valence-corrected chi connectivity index (χ0v) is 7.41. The third-order valence-electron chi connectivity index (χ3n) is 0.900. The van der Waals surface area contributed by atoms with Gasteiger partial charge in [-0.2, -0.15) is 4.98 Å². The Bertz CT molecular complexity index is 186. The van der Waals surface area contributed by atoms with Gasteiger partial charge >= 0.3 is 37.7 Å². The molecule has 5 heteroatoms. The van der Waals surface area contributed by atoms with Crippen molar-refractivity contribution in [1.29, 1.82) is 0 Å². The van der Waals surface area contributed by atoms with Gasteiger partial charge in [0.25, 0.3) is 0 Å². The van der Waals surface area contributed by atoms with Gasteiger partial charge in [-0.3, -0.25) is 0 Å². The summed E-state index contributed by atoms with van der Waals surface area (Å²) in [7, 11) is 1.71. The first-order chi connectivity index (χ1) is 3.70. The van der Waals surface area contributed by atoms with Crippen molar-refractivity contribution in [1.82, 2.24) is 9.55 Å². The number of nitrogen functional groups attached to an aromatic ring is 1. The minimum Gasteiger partial charge on any atom is -1.00 e. The van der Waals surface area contributed by atoms with E-state index in [-0.39, 0.29) is 46.5 Å². The number of nitrogens with two attached hydrogens (primary N) is 1. The van der Waals surface area contributed by atoms with Gasteiger partial charge in [0.15, 0.2) is 0 Å². The summed E-state index contributed by atoms with van der Waals surface area (Å²) in [6.07, 6.45) is 1.44. The van der Waals surface area contributed by atoms with Crippen LogP contribution in [0.1, 0.15) is 2.85 Å². The van der Waals surface area contributed by atoms with Crippen molar-refractivity contribution in [3.05, 3.63) is 6.20 Å². The van der Waals surface area contributed by atoms with Gasteiger partial charge < -0.3 is 18.3 Å². The van der Waals surface area contributed by atoms with E-state index in [1.54, 1.807) is 7.05 Å². The van der Waals surface area contributed by atoms with Crippen LogP contribution < -0.4 is 5.73 Å². The minimum absolute atomic E-state index is 0. The quantitative estimate of drug-likeness (QED) is 0.499. The molecular formula is C4H9CaN3O. The molecule has 3 N–H and O–H groups in total. The number of aryl methyl sites for hydroxylation is 1. The standard InChI is InChI=1S/C4H7N3O.Ca.2H/c1-7-2-3(8)6-4(7)5;;;/h2,8H,1H3,(H2,5,6);;;/q;+2;2*-1. The molecule has 0 saturated heterocycles. The average molecular weight is 155 g/mol. The van der Waals surface area contributed by atoms with Crippen LogP contribution in [0.2, 0.25) is 0 Å². The van der Waals surface area contributed by atoms with Crippen LogP contribution in [0, 0.1) is 0 Å². The van der Waals surface area contributed by atoms with E-state index in [9.17, 15) is 0 Å². The van der Waals surface area contributed by atoms with Gasteiger partial charge in [0.2, 0.25) is 11.8 Å². The Kier molecular flexibility index (Phi) is 3.32. The Hall–Kier alpha value is 0.0697. The number of nitrogens with zero attached hydrogens (tertiary/aromatic N) is 2. The van der Waals surface area contributed by atoms with Crippen LogP contribution in [0.5, 0.6) is 5.88 Å². The maximum atomic E-state index is 8.62. The molecule has 4 nitrogen and oxygen atoms in total. The second-order valence-electron chi connectivity index (χ2n) is 1.57. The molecule has 1 heterocycles. The van der Waals surface area contributed by atoms with E-state index in [0.29, 0.717) is 5.95 Å². The number of aromatic hydroxyl groups is 1. The van der Waals surface area contributed by atoms with E-state index in [1.807, 2.05) is 0 Å². The molecule has 0 saturated carbocycles. The first kappa shape index (κ1) is 9.07. The summed E-state index contributed by atoms with van der Waals surface area (Å²) in [5, 5.41) is 8.62. The van der Waals surface area contributed by atoms with Gasteiger partial charge in [-0.25, -0.2) is 0 Å². The normalized spacial score (nSPS) is 8.56. The van der Waals surface area contributed by atoms with Crippen LogP contribution in [-0.4, -0.2) is 52.4 Å². The average Bonchev–Trinajstić information content (AvgIpc) is 1.85. The smallest absolute Gasteiger partial charge is 1.00 e. The van der Waals surface area contributed by atoms with Gasteiger partial charge in [-0.1, -0.05) is 0 Å². The molecule has 0 spiro atoms. The fourth-order valence-corrected chi connectivity index (χ4v) is 0.464. The molecule has 48 valence electrons. The summed E-state index contributed by atoms with van der Waals surface area (Å²) >= 11 is 0. The molecule has 0 unspecified atom stereocenters. The van der Waals surface area contributed by atoms with Crippen molar-refractivity contribution >= 4 is 43.7 Å². The minimum atomic E-state index is -0.0370. The Morgan fingerprint density at radius 2 is 2.44 bits per heavy atom. The molecule has 0 amide bonds. The second-order valence-corrected chi connectivity index (χ2v) is 1.57. The van der Waals surface area contributed by atoms with Crippen LogP contribution in [-0.2, 0) is 7.05 Å². The molecule has 1 aromatic heterocycles. The summed E-state index contributed by atoms with van der Waals surface area (Å²) in [5.41, 5.74) is 5.23. The SMILES string of the molecule is Cn1cc(O)nc1N.[Ca+2].[H-].[H-]. The van der Waals surface area contributed by atoms with Gasteiger partial charge in [-0.05, 0) is 0 Å². The van der Waals surface area contributed by atoms with Crippen LogP contribution >= 0.6 is 0 Å². The fraction of sp³-hybridized carbons (Fsp3) is 0.250. The first-order valence-electron chi connectivity index (χ1n) is 2.18. The van der Waals surface area contributed by atoms with Crippen molar-refractivity contribution in [2.45, 2.75) is 0 Å². The van der Waals surface area contributed by atoms with Crippen molar-refractivity contribution < 1.29 is 7.96 Å². The maximum Gasteiger partial charge on any atom is 2.00 e. The van der Waals surface area contributed by atoms with Crippen LogP contribution in [0.4, 0.5) is 5.95 Å². The first-order valence-corrected chi connectivity index (χ1v) is 2.18. The summed E-state index contributed by atoms with van der Waals surface area (Å²) < 4.78 is 1.54. The summed E-state index contributed by atoms with van der Waals surface area (Å²) in [4.78, 5) is 3.51. The summed E-state index contributed by atoms with van der Waals surface area (Å²) in [6.45, 7) is 0. The zero-order chi connectivity index (χ0) is 6.15. The summed E-state index contributed by atoms with van der Waals surface area (Å²) in [5.74, 6) is 0.285. The molecule has 0 atom stereocenters. The van der Waals surface area contributed by atoms with Crippen LogP contribution in [0.15, 0.2) is 6.20 Å². The zero-order valence-electron chi connectivity index (χ0n) is 7.20. The van der Waals surface area contributed by atoms with Crippen molar-refractivity contribution in [2.24, 2.45) is 7.05 Å². The largest absolute Gasteiger partial charge is 2.00 e. The summed E-state index contributed by atoms with van der Waals surface area (Å²) in [6, 6.07) is 0. The molecule has 0 bridgehead atoms. The molecule has 1 rings (SSSR count). The Labute approximate surface area is 85.7 Å². The molecule has 0 radical (unpaired) electrons. The number of imidazole rings is 1. The van der Waals surface area contributed by atoms with Gasteiger partial charge in [0, 0.05) is 7.05 Å². The number of rotatable bonds is 0.